The molecule has 0 aromatic heterocycles. The number of hydrogen-bond donors (Lipinski definition) is 2. The molecule has 2 aromatic carbocycles. The first kappa shape index (κ1) is 23.6. The molecule has 1 aliphatic heterocycles. The van der Waals surface area contributed by atoms with Gasteiger partial charge >= 0.3 is 12.1 Å². The number of nitrogens with zero attached hydrogens (tertiary/aromatic N) is 3. The quantitative estimate of drug-likeness (QED) is 0.719. The van der Waals surface area contributed by atoms with Crippen molar-refractivity contribution in [1.29, 1.82) is 10.5 Å². The Bertz CT molecular complexity index is 1130. The van der Waals surface area contributed by atoms with Crippen LogP contribution in [0.15, 0.2) is 42.5 Å². The van der Waals surface area contributed by atoms with Gasteiger partial charge in [0.05, 0.1) is 36.0 Å². The molecule has 33 heavy (non-hydrogen) atoms. The summed E-state index contributed by atoms with van der Waals surface area (Å²) in [6.45, 7) is 6.27. The zero-order chi connectivity index (χ0) is 24.0. The number of ether oxygens (including phenoxy) is 2. The molecular formula is C24H25N5O4. The first-order valence-corrected chi connectivity index (χ1v) is 10.4. The van der Waals surface area contributed by atoms with Crippen LogP contribution in [0.1, 0.15) is 43.6 Å². The molecule has 9 nitrogen and oxygen atoms in total. The molecule has 3 rings (SSSR count). The summed E-state index contributed by atoms with van der Waals surface area (Å²) in [6, 6.07) is 15.0. The van der Waals surface area contributed by atoms with Crippen molar-refractivity contribution in [2.75, 3.05) is 30.3 Å². The van der Waals surface area contributed by atoms with E-state index in [1.165, 1.54) is 0 Å². The summed E-state index contributed by atoms with van der Waals surface area (Å²) in [5.74, 6) is 0. The van der Waals surface area contributed by atoms with Crippen LogP contribution in [-0.4, -0.2) is 42.3 Å². The second-order valence-corrected chi connectivity index (χ2v) is 8.44. The van der Waals surface area contributed by atoms with Crippen LogP contribution in [0.25, 0.3) is 0 Å². The van der Waals surface area contributed by atoms with Gasteiger partial charge in [-0.1, -0.05) is 18.2 Å². The molecule has 2 N–H and O–H groups in total. The van der Waals surface area contributed by atoms with Gasteiger partial charge in [-0.15, -0.1) is 0 Å². The molecular weight excluding hydrogens is 422 g/mol. The molecule has 1 fully saturated rings. The number of anilines is 2. The van der Waals surface area contributed by atoms with Gasteiger partial charge in [0.15, 0.2) is 0 Å². The van der Waals surface area contributed by atoms with E-state index in [0.29, 0.717) is 29.0 Å². The second-order valence-electron chi connectivity index (χ2n) is 8.44. The number of morpholine rings is 1. The SMILES string of the molecule is CC(C)(C)OC(=O)N1CCOC(c2cccc(C#N)c2NC(=O)Nc2cccc(C#N)c2)C1. The number of rotatable bonds is 3. The molecule has 2 aromatic rings. The number of nitrogens with one attached hydrogen (secondary N) is 2. The van der Waals surface area contributed by atoms with Crippen molar-refractivity contribution < 1.29 is 19.1 Å². The maximum absolute atomic E-state index is 12.7. The van der Waals surface area contributed by atoms with Crippen LogP contribution in [0.3, 0.4) is 0 Å². The Hall–Kier alpha value is -4.08. The summed E-state index contributed by atoms with van der Waals surface area (Å²) in [4.78, 5) is 26.8. The van der Waals surface area contributed by atoms with Crippen LogP contribution >= 0.6 is 0 Å². The van der Waals surface area contributed by atoms with Crippen molar-refractivity contribution in [2.45, 2.75) is 32.5 Å². The van der Waals surface area contributed by atoms with E-state index in [0.717, 1.165) is 0 Å². The highest BCUT2D eigenvalue weighted by Crippen LogP contribution is 2.32. The predicted octanol–water partition coefficient (Wildman–Crippen LogP) is 4.38. The van der Waals surface area contributed by atoms with Crippen LogP contribution in [0.2, 0.25) is 0 Å². The van der Waals surface area contributed by atoms with Crippen LogP contribution in [0.4, 0.5) is 21.0 Å². The Labute approximate surface area is 192 Å². The first-order chi connectivity index (χ1) is 15.7. The summed E-state index contributed by atoms with van der Waals surface area (Å²) in [7, 11) is 0. The molecule has 1 aliphatic rings. The molecule has 3 amide bonds. The normalized spacial score (nSPS) is 15.7. The number of amides is 3. The fourth-order valence-electron chi connectivity index (χ4n) is 3.34. The van der Waals surface area contributed by atoms with Gasteiger partial charge in [0.25, 0.3) is 0 Å². The minimum Gasteiger partial charge on any atom is -0.444 e. The molecule has 0 spiro atoms. The van der Waals surface area contributed by atoms with E-state index in [2.05, 4.69) is 16.7 Å². The highest BCUT2D eigenvalue weighted by atomic mass is 16.6. The molecule has 1 unspecified atom stereocenters. The lowest BCUT2D eigenvalue weighted by Gasteiger charge is -2.35. The zero-order valence-corrected chi connectivity index (χ0v) is 18.7. The van der Waals surface area contributed by atoms with Gasteiger partial charge in [0.1, 0.15) is 17.8 Å². The number of carbonyl (C=O) groups excluding carboxylic acids is 2. The van der Waals surface area contributed by atoms with E-state index in [1.54, 1.807) is 68.1 Å². The molecule has 1 atom stereocenters. The van der Waals surface area contributed by atoms with Crippen LogP contribution < -0.4 is 10.6 Å². The summed E-state index contributed by atoms with van der Waals surface area (Å²) in [5, 5.41) is 24.0. The lowest BCUT2D eigenvalue weighted by atomic mass is 10.0. The average molecular weight is 447 g/mol. The van der Waals surface area contributed by atoms with E-state index < -0.39 is 23.8 Å². The second kappa shape index (κ2) is 10.0. The van der Waals surface area contributed by atoms with Crippen LogP contribution in [0, 0.1) is 22.7 Å². The van der Waals surface area contributed by atoms with Crippen LogP contribution in [-0.2, 0) is 9.47 Å². The lowest BCUT2D eigenvalue weighted by molar-refractivity contribution is -0.0430. The first-order valence-electron chi connectivity index (χ1n) is 10.4. The molecule has 9 heteroatoms. The average Bonchev–Trinajstić information content (AvgIpc) is 2.78. The maximum Gasteiger partial charge on any atom is 0.410 e. The van der Waals surface area contributed by atoms with Gasteiger partial charge in [0, 0.05) is 17.8 Å². The smallest absolute Gasteiger partial charge is 0.410 e. The van der Waals surface area contributed by atoms with Gasteiger partial charge in [-0.3, -0.25) is 0 Å². The monoisotopic (exact) mass is 447 g/mol. The molecule has 0 radical (unpaired) electrons. The van der Waals surface area contributed by atoms with Gasteiger partial charge in [-0.05, 0) is 45.0 Å². The number of urea groups is 1. The predicted molar refractivity (Wildman–Crippen MR) is 121 cm³/mol. The van der Waals surface area contributed by atoms with E-state index in [1.807, 2.05) is 6.07 Å². The molecule has 1 heterocycles. The third-order valence-corrected chi connectivity index (χ3v) is 4.77. The van der Waals surface area contributed by atoms with Crippen molar-refractivity contribution in [3.63, 3.8) is 0 Å². The van der Waals surface area contributed by atoms with Gasteiger partial charge in [0.2, 0.25) is 0 Å². The summed E-state index contributed by atoms with van der Waals surface area (Å²) < 4.78 is 11.3. The fourth-order valence-corrected chi connectivity index (χ4v) is 3.34. The Morgan fingerprint density at radius 1 is 1.12 bits per heavy atom. The Morgan fingerprint density at radius 3 is 2.58 bits per heavy atom. The van der Waals surface area contributed by atoms with Crippen molar-refractivity contribution in [3.8, 4) is 12.1 Å². The highest BCUT2D eigenvalue weighted by molar-refractivity contribution is 6.01. The minimum atomic E-state index is -0.626. The van der Waals surface area contributed by atoms with Crippen molar-refractivity contribution in [1.82, 2.24) is 4.90 Å². The van der Waals surface area contributed by atoms with E-state index >= 15 is 0 Å². The third-order valence-electron chi connectivity index (χ3n) is 4.77. The highest BCUT2D eigenvalue weighted by Gasteiger charge is 2.31. The molecule has 170 valence electrons. The van der Waals surface area contributed by atoms with E-state index in [-0.39, 0.29) is 18.7 Å². The number of carbonyl (C=O) groups is 2. The number of para-hydroxylation sites is 1. The molecule has 1 saturated heterocycles. The fraction of sp³-hybridized carbons (Fsp3) is 0.333. The van der Waals surface area contributed by atoms with Crippen LogP contribution in [0.5, 0.6) is 0 Å². The summed E-state index contributed by atoms with van der Waals surface area (Å²) in [6.07, 6.45) is -1.01. The number of hydrogen-bond acceptors (Lipinski definition) is 6. The zero-order valence-electron chi connectivity index (χ0n) is 18.7. The Balaban J connectivity index is 1.81. The minimum absolute atomic E-state index is 0.213. The largest absolute Gasteiger partial charge is 0.444 e. The van der Waals surface area contributed by atoms with Gasteiger partial charge < -0.3 is 25.0 Å². The van der Waals surface area contributed by atoms with Gasteiger partial charge in [-0.25, -0.2) is 9.59 Å². The Kier molecular flexibility index (Phi) is 7.17. The van der Waals surface area contributed by atoms with Crippen molar-refractivity contribution >= 4 is 23.5 Å². The lowest BCUT2D eigenvalue weighted by Crippen LogP contribution is -2.44. The standard InChI is InChI=1S/C24H25N5O4/c1-24(2,3)33-23(31)29-10-11-32-20(15-29)19-9-5-7-17(14-26)21(19)28-22(30)27-18-8-4-6-16(12-18)13-25/h4-9,12,20H,10-11,15H2,1-3H3,(H2,27,28,30). The Morgan fingerprint density at radius 2 is 1.88 bits per heavy atom. The number of nitriles is 2. The van der Waals surface area contributed by atoms with Crippen molar-refractivity contribution in [2.24, 2.45) is 0 Å². The molecule has 0 saturated carbocycles. The van der Waals surface area contributed by atoms with E-state index in [9.17, 15) is 14.9 Å². The number of benzene rings is 2. The molecule has 0 aliphatic carbocycles. The van der Waals surface area contributed by atoms with Gasteiger partial charge in [-0.2, -0.15) is 10.5 Å². The maximum atomic E-state index is 12.7. The third kappa shape index (κ3) is 6.22. The van der Waals surface area contributed by atoms with Crippen molar-refractivity contribution in [3.05, 3.63) is 59.2 Å². The van der Waals surface area contributed by atoms with E-state index in [4.69, 9.17) is 14.7 Å². The summed E-state index contributed by atoms with van der Waals surface area (Å²) in [5.41, 5.74) is 1.34. The molecule has 0 bridgehead atoms. The summed E-state index contributed by atoms with van der Waals surface area (Å²) >= 11 is 0. The topological polar surface area (TPSA) is 127 Å².